The van der Waals surface area contributed by atoms with Gasteiger partial charge in [0.15, 0.2) is 6.29 Å². The number of nitrogens with one attached hydrogen (secondary N) is 2. The van der Waals surface area contributed by atoms with E-state index in [9.17, 15) is 9.90 Å². The van der Waals surface area contributed by atoms with Crippen LogP contribution in [0.2, 0.25) is 0 Å². The van der Waals surface area contributed by atoms with Crippen LogP contribution in [0.1, 0.15) is 66.2 Å². The summed E-state index contributed by atoms with van der Waals surface area (Å²) in [6, 6.07) is -0.0984. The molecular formula is C29H46N2O4. The third-order valence-corrected chi connectivity index (χ3v) is 6.55. The van der Waals surface area contributed by atoms with Gasteiger partial charge >= 0.3 is 0 Å². The van der Waals surface area contributed by atoms with E-state index in [0.717, 1.165) is 25.7 Å². The molecule has 1 fully saturated rings. The van der Waals surface area contributed by atoms with E-state index in [1.54, 1.807) is 12.2 Å². The maximum absolute atomic E-state index is 12.1. The van der Waals surface area contributed by atoms with E-state index in [2.05, 4.69) is 55.7 Å². The molecule has 2 heterocycles. The van der Waals surface area contributed by atoms with Crippen LogP contribution in [0, 0.1) is 5.92 Å². The van der Waals surface area contributed by atoms with Crippen molar-refractivity contribution in [2.45, 2.75) is 96.9 Å². The third-order valence-electron chi connectivity index (χ3n) is 6.55. The van der Waals surface area contributed by atoms with Gasteiger partial charge in [-0.2, -0.15) is 0 Å². The first-order chi connectivity index (χ1) is 16.8. The Kier molecular flexibility index (Phi) is 13.3. The van der Waals surface area contributed by atoms with E-state index >= 15 is 0 Å². The zero-order valence-corrected chi connectivity index (χ0v) is 22.2. The van der Waals surface area contributed by atoms with Crippen LogP contribution >= 0.6 is 0 Å². The average Bonchev–Trinajstić information content (AvgIpc) is 2.79. The molecule has 0 bridgehead atoms. The highest BCUT2D eigenvalue weighted by Crippen LogP contribution is 2.24. The van der Waals surface area contributed by atoms with Crippen LogP contribution in [0.5, 0.6) is 0 Å². The lowest BCUT2D eigenvalue weighted by Gasteiger charge is -2.39. The summed E-state index contributed by atoms with van der Waals surface area (Å²) in [5, 5.41) is 16.6. The standard InChI is InChI=1S/C29H46N2O4/c1-21-12-8-6-9-13-23(3)20-31-27(33)15-11-7-10-14-25(17-16-22(2)18-21)35-28-19-26(32)29(30-5)24(4)34-28/h6-8,10-12,15-16,23-26,28-30,32H,9,13-14,17-20H2,1-5H3,(H,31,33)/b8-6+,10-7+,15-11+,21-12+,22-16+/t23?,24-,25-,26+,28+,29-/m1/s1. The summed E-state index contributed by atoms with van der Waals surface area (Å²) < 4.78 is 12.4. The minimum absolute atomic E-state index is 0.0750. The maximum Gasteiger partial charge on any atom is 0.243 e. The van der Waals surface area contributed by atoms with E-state index in [4.69, 9.17) is 9.47 Å². The van der Waals surface area contributed by atoms with E-state index in [0.29, 0.717) is 25.3 Å². The summed E-state index contributed by atoms with van der Waals surface area (Å²) >= 11 is 0. The summed E-state index contributed by atoms with van der Waals surface area (Å²) in [5.41, 5.74) is 2.62. The van der Waals surface area contributed by atoms with Crippen LogP contribution in [0.4, 0.5) is 0 Å². The second-order valence-electron chi connectivity index (χ2n) is 10.0. The van der Waals surface area contributed by atoms with Crippen molar-refractivity contribution in [2.24, 2.45) is 5.92 Å². The molecule has 1 saturated heterocycles. The number of amides is 1. The van der Waals surface area contributed by atoms with Gasteiger partial charge < -0.3 is 25.2 Å². The molecule has 2 aliphatic rings. The van der Waals surface area contributed by atoms with Gasteiger partial charge in [0.1, 0.15) is 0 Å². The lowest BCUT2D eigenvalue weighted by molar-refractivity contribution is -0.236. The van der Waals surface area contributed by atoms with Gasteiger partial charge in [0.25, 0.3) is 0 Å². The summed E-state index contributed by atoms with van der Waals surface area (Å²) in [4.78, 5) is 12.1. The zero-order valence-electron chi connectivity index (χ0n) is 22.2. The molecular weight excluding hydrogens is 440 g/mol. The van der Waals surface area contributed by atoms with E-state index in [-0.39, 0.29) is 24.2 Å². The van der Waals surface area contributed by atoms with E-state index in [1.165, 1.54) is 11.1 Å². The first-order valence-corrected chi connectivity index (χ1v) is 13.0. The second kappa shape index (κ2) is 15.9. The molecule has 0 aromatic heterocycles. The van der Waals surface area contributed by atoms with Gasteiger partial charge in [-0.1, -0.05) is 60.6 Å². The SMILES string of the molecule is CN[C@H]1[C@@H](O)C[C@H](O[C@@H]2C/C=C/C=C/C(=O)NCC(C)CC/C=C/C=C(\C)C/C(C)=C/C2)O[C@@H]1C. The quantitative estimate of drug-likeness (QED) is 0.503. The van der Waals surface area contributed by atoms with Crippen molar-refractivity contribution in [3.8, 4) is 0 Å². The van der Waals surface area contributed by atoms with Gasteiger partial charge in [-0.05, 0) is 65.8 Å². The third kappa shape index (κ3) is 11.5. The number of carbonyl (C=O) groups is 1. The van der Waals surface area contributed by atoms with Crippen molar-refractivity contribution in [3.63, 3.8) is 0 Å². The van der Waals surface area contributed by atoms with Gasteiger partial charge in [0.05, 0.1) is 24.4 Å². The number of hydrogen-bond donors (Lipinski definition) is 3. The molecule has 0 radical (unpaired) electrons. The molecule has 0 aromatic carbocycles. The number of rotatable bonds is 3. The molecule has 3 N–H and O–H groups in total. The Hall–Kier alpha value is -1.99. The van der Waals surface area contributed by atoms with Crippen molar-refractivity contribution in [1.82, 2.24) is 10.6 Å². The summed E-state index contributed by atoms with van der Waals surface area (Å²) in [5.74, 6) is 0.354. The Morgan fingerprint density at radius 2 is 1.91 bits per heavy atom. The first-order valence-electron chi connectivity index (χ1n) is 13.0. The van der Waals surface area contributed by atoms with Crippen LogP contribution in [0.25, 0.3) is 0 Å². The predicted molar refractivity (Wildman–Crippen MR) is 143 cm³/mol. The van der Waals surface area contributed by atoms with Crippen LogP contribution in [0.15, 0.2) is 59.8 Å². The molecule has 35 heavy (non-hydrogen) atoms. The van der Waals surface area contributed by atoms with Crippen LogP contribution in [-0.4, -0.2) is 55.2 Å². The number of hydrogen-bond acceptors (Lipinski definition) is 5. The molecule has 2 rings (SSSR count). The number of ether oxygens (including phenoxy) is 2. The highest BCUT2D eigenvalue weighted by Gasteiger charge is 2.35. The molecule has 1 unspecified atom stereocenters. The fourth-order valence-electron chi connectivity index (χ4n) is 4.47. The number of carbonyl (C=O) groups excluding carboxylic acids is 1. The molecule has 0 aliphatic carbocycles. The monoisotopic (exact) mass is 486 g/mol. The lowest BCUT2D eigenvalue weighted by atomic mass is 9.99. The van der Waals surface area contributed by atoms with Crippen molar-refractivity contribution >= 4 is 5.91 Å². The number of allylic oxidation sites excluding steroid dienone is 7. The molecule has 1 amide bonds. The number of likely N-dealkylation sites (N-methyl/N-ethyl adjacent to an activating group) is 1. The molecule has 6 nitrogen and oxygen atoms in total. The minimum Gasteiger partial charge on any atom is -0.391 e. The predicted octanol–water partition coefficient (Wildman–Crippen LogP) is 4.73. The van der Waals surface area contributed by atoms with Crippen LogP contribution in [-0.2, 0) is 14.3 Å². The zero-order chi connectivity index (χ0) is 25.6. The molecule has 0 saturated carbocycles. The summed E-state index contributed by atoms with van der Waals surface area (Å²) in [6.07, 6.45) is 19.7. The smallest absolute Gasteiger partial charge is 0.243 e. The van der Waals surface area contributed by atoms with E-state index in [1.807, 2.05) is 26.1 Å². The minimum atomic E-state index is -0.515. The van der Waals surface area contributed by atoms with Crippen molar-refractivity contribution < 1.29 is 19.4 Å². The molecule has 6 heteroatoms. The van der Waals surface area contributed by atoms with Crippen LogP contribution in [0.3, 0.4) is 0 Å². The Balaban J connectivity index is 2.10. The summed E-state index contributed by atoms with van der Waals surface area (Å²) in [6.45, 7) is 9.11. The van der Waals surface area contributed by atoms with Gasteiger partial charge in [-0.25, -0.2) is 0 Å². The number of aliphatic hydroxyl groups excluding tert-OH is 1. The Morgan fingerprint density at radius 3 is 2.66 bits per heavy atom. The fourth-order valence-corrected chi connectivity index (χ4v) is 4.47. The maximum atomic E-state index is 12.1. The normalized spacial score (nSPS) is 38.2. The molecule has 0 spiro atoms. The van der Waals surface area contributed by atoms with Gasteiger partial charge in [-0.3, -0.25) is 4.79 Å². The first kappa shape index (κ1) is 29.2. The van der Waals surface area contributed by atoms with Crippen LogP contribution < -0.4 is 10.6 Å². The van der Waals surface area contributed by atoms with Crippen molar-refractivity contribution in [1.29, 1.82) is 0 Å². The van der Waals surface area contributed by atoms with Crippen molar-refractivity contribution in [3.05, 3.63) is 59.8 Å². The van der Waals surface area contributed by atoms with Gasteiger partial charge in [0, 0.05) is 19.0 Å². The molecule has 196 valence electrons. The van der Waals surface area contributed by atoms with Gasteiger partial charge in [0.2, 0.25) is 5.91 Å². The van der Waals surface area contributed by atoms with Crippen molar-refractivity contribution in [2.75, 3.05) is 13.6 Å². The highest BCUT2D eigenvalue weighted by atomic mass is 16.7. The number of aliphatic hydroxyl groups is 1. The Morgan fingerprint density at radius 1 is 1.11 bits per heavy atom. The average molecular weight is 487 g/mol. The molecule has 2 aliphatic heterocycles. The fraction of sp³-hybridized carbons (Fsp3) is 0.621. The molecule has 6 atom stereocenters. The lowest BCUT2D eigenvalue weighted by Crippen LogP contribution is -2.54. The highest BCUT2D eigenvalue weighted by molar-refractivity contribution is 5.87. The van der Waals surface area contributed by atoms with Gasteiger partial charge in [-0.15, -0.1) is 0 Å². The second-order valence-corrected chi connectivity index (χ2v) is 10.0. The Bertz CT molecular complexity index is 787. The summed E-state index contributed by atoms with van der Waals surface area (Å²) in [7, 11) is 1.84. The molecule has 0 aromatic rings. The Labute approximate surface area is 212 Å². The largest absolute Gasteiger partial charge is 0.391 e. The van der Waals surface area contributed by atoms with E-state index < -0.39 is 12.4 Å². The topological polar surface area (TPSA) is 79.8 Å².